The minimum Gasteiger partial charge on any atom is -0.492 e. The molecule has 0 saturated heterocycles. The van der Waals surface area contributed by atoms with Gasteiger partial charge < -0.3 is 25.2 Å². The molecule has 2 N–H and O–H groups in total. The number of fused-ring (bicyclic) bond motifs is 1. The zero-order valence-corrected chi connectivity index (χ0v) is 22.6. The number of anilines is 2. The van der Waals surface area contributed by atoms with Crippen LogP contribution in [0.15, 0.2) is 72.8 Å². The molecule has 7 heteroatoms. The summed E-state index contributed by atoms with van der Waals surface area (Å²) >= 11 is 0. The fraction of sp³-hybridized carbons (Fsp3) is 0.290. The lowest BCUT2D eigenvalue weighted by Gasteiger charge is -2.18. The minimum absolute atomic E-state index is 0.0807. The maximum Gasteiger partial charge on any atom is 0.258 e. The maximum atomic E-state index is 13.3. The van der Waals surface area contributed by atoms with Crippen molar-refractivity contribution in [2.24, 2.45) is 0 Å². The summed E-state index contributed by atoms with van der Waals surface area (Å²) in [6.45, 7) is 10.3. The van der Waals surface area contributed by atoms with E-state index in [1.165, 1.54) is 0 Å². The minimum atomic E-state index is -0.212. The summed E-state index contributed by atoms with van der Waals surface area (Å²) in [6.07, 6.45) is 0. The molecule has 4 rings (SSSR count). The molecule has 7 nitrogen and oxygen atoms in total. The van der Waals surface area contributed by atoms with Gasteiger partial charge in [0.15, 0.2) is 0 Å². The van der Waals surface area contributed by atoms with Gasteiger partial charge in [0.05, 0.1) is 11.3 Å². The van der Waals surface area contributed by atoms with Crippen LogP contribution in [0.25, 0.3) is 11.3 Å². The monoisotopic (exact) mass is 512 g/mol. The molecule has 1 aliphatic rings. The van der Waals surface area contributed by atoms with Gasteiger partial charge in [-0.3, -0.25) is 9.59 Å². The van der Waals surface area contributed by atoms with E-state index in [-0.39, 0.29) is 11.8 Å². The molecule has 0 unspecified atom stereocenters. The Kier molecular flexibility index (Phi) is 8.81. The number of carbonyl (C=O) groups is 2. The molecule has 0 atom stereocenters. The molecular weight excluding hydrogens is 476 g/mol. The molecule has 0 aliphatic carbocycles. The van der Waals surface area contributed by atoms with Crippen LogP contribution in [0.4, 0.5) is 11.4 Å². The Morgan fingerprint density at radius 1 is 0.895 bits per heavy atom. The van der Waals surface area contributed by atoms with E-state index in [9.17, 15) is 9.59 Å². The first-order chi connectivity index (χ1) is 18.4. The molecule has 3 aromatic rings. The van der Waals surface area contributed by atoms with E-state index in [0.717, 1.165) is 42.2 Å². The highest BCUT2D eigenvalue weighted by Gasteiger charge is 2.29. The zero-order chi connectivity index (χ0) is 27.1. The smallest absolute Gasteiger partial charge is 0.258 e. The quantitative estimate of drug-likeness (QED) is 0.335. The molecule has 0 aromatic heterocycles. The predicted octanol–water partition coefficient (Wildman–Crippen LogP) is 5.43. The van der Waals surface area contributed by atoms with E-state index in [0.29, 0.717) is 35.7 Å². The average molecular weight is 513 g/mol. The van der Waals surface area contributed by atoms with Crippen LogP contribution in [0.5, 0.6) is 5.75 Å². The van der Waals surface area contributed by atoms with Gasteiger partial charge in [-0.15, -0.1) is 0 Å². The Labute approximate surface area is 225 Å². The molecule has 1 heterocycles. The number of nitrogens with one attached hydrogen (secondary N) is 2. The highest BCUT2D eigenvalue weighted by Crippen LogP contribution is 2.38. The Balaban J connectivity index is 1.62. The van der Waals surface area contributed by atoms with E-state index in [4.69, 9.17) is 4.74 Å². The number of hydrogen-bond acceptors (Lipinski definition) is 5. The third-order valence-corrected chi connectivity index (χ3v) is 6.84. The maximum absolute atomic E-state index is 13.3. The van der Waals surface area contributed by atoms with Crippen LogP contribution in [-0.4, -0.2) is 61.4 Å². The van der Waals surface area contributed by atoms with Gasteiger partial charge in [-0.2, -0.15) is 0 Å². The van der Waals surface area contributed by atoms with Crippen LogP contribution in [0.2, 0.25) is 0 Å². The molecular formula is C31H36N4O3. The number of amides is 2. The lowest BCUT2D eigenvalue weighted by molar-refractivity contribution is -0.110. The van der Waals surface area contributed by atoms with E-state index in [1.807, 2.05) is 67.6 Å². The Bertz CT molecular complexity index is 1300. The van der Waals surface area contributed by atoms with Gasteiger partial charge in [0, 0.05) is 42.6 Å². The summed E-state index contributed by atoms with van der Waals surface area (Å²) < 4.78 is 5.93. The third-order valence-electron chi connectivity index (χ3n) is 6.84. The predicted molar refractivity (Wildman–Crippen MR) is 154 cm³/mol. The third kappa shape index (κ3) is 6.06. The molecule has 0 bridgehead atoms. The van der Waals surface area contributed by atoms with E-state index >= 15 is 0 Å². The van der Waals surface area contributed by atoms with Crippen molar-refractivity contribution in [2.75, 3.05) is 50.5 Å². The number of ether oxygens (including phenoxy) is 1. The highest BCUT2D eigenvalue weighted by molar-refractivity contribution is 6.37. The number of likely N-dealkylation sites (N-methyl/N-ethyl adjacent to an activating group) is 1. The van der Waals surface area contributed by atoms with Crippen molar-refractivity contribution < 1.29 is 14.3 Å². The highest BCUT2D eigenvalue weighted by atomic mass is 16.5. The molecule has 3 aromatic carbocycles. The molecule has 0 fully saturated rings. The molecule has 0 radical (unpaired) electrons. The molecule has 38 heavy (non-hydrogen) atoms. The number of rotatable bonds is 11. The summed E-state index contributed by atoms with van der Waals surface area (Å²) in [7, 11) is 1.76. The Hall–Kier alpha value is -4.10. The Morgan fingerprint density at radius 2 is 1.61 bits per heavy atom. The first kappa shape index (κ1) is 26.9. The zero-order valence-electron chi connectivity index (χ0n) is 22.6. The van der Waals surface area contributed by atoms with Crippen molar-refractivity contribution in [3.63, 3.8) is 0 Å². The fourth-order valence-electron chi connectivity index (χ4n) is 4.41. The van der Waals surface area contributed by atoms with Crippen LogP contribution in [-0.2, 0) is 4.79 Å². The van der Waals surface area contributed by atoms with Gasteiger partial charge in [0.1, 0.15) is 12.4 Å². The number of hydrogen-bond donors (Lipinski definition) is 2. The van der Waals surface area contributed by atoms with Crippen LogP contribution in [0.3, 0.4) is 0 Å². The number of carbonyl (C=O) groups excluding carboxylic acids is 2. The van der Waals surface area contributed by atoms with Crippen molar-refractivity contribution in [3.8, 4) is 5.75 Å². The van der Waals surface area contributed by atoms with Gasteiger partial charge in [-0.25, -0.2) is 0 Å². The first-order valence-corrected chi connectivity index (χ1v) is 13.2. The van der Waals surface area contributed by atoms with E-state index in [2.05, 4.69) is 29.4 Å². The normalized spacial score (nSPS) is 13.7. The Morgan fingerprint density at radius 3 is 2.26 bits per heavy atom. The second kappa shape index (κ2) is 12.4. The lowest BCUT2D eigenvalue weighted by atomic mass is 9.98. The SMILES string of the molecule is CCN(CC)CCOc1ccc(N/C(=C2\C(=O)Nc3cc(C(=O)N(C)CC)ccc32)c2ccccc2)cc1. The second-order valence-electron chi connectivity index (χ2n) is 9.17. The largest absolute Gasteiger partial charge is 0.492 e. The summed E-state index contributed by atoms with van der Waals surface area (Å²) in [6, 6.07) is 22.9. The van der Waals surface area contributed by atoms with Crippen LogP contribution < -0.4 is 15.4 Å². The van der Waals surface area contributed by atoms with Crippen molar-refractivity contribution in [2.45, 2.75) is 20.8 Å². The van der Waals surface area contributed by atoms with Gasteiger partial charge in [0.25, 0.3) is 11.8 Å². The summed E-state index contributed by atoms with van der Waals surface area (Å²) in [5, 5.41) is 6.43. The summed E-state index contributed by atoms with van der Waals surface area (Å²) in [5.74, 6) is 0.508. The molecule has 0 saturated carbocycles. The van der Waals surface area contributed by atoms with Gasteiger partial charge in [0.2, 0.25) is 0 Å². The summed E-state index contributed by atoms with van der Waals surface area (Å²) in [5.41, 5.74) is 4.89. The summed E-state index contributed by atoms with van der Waals surface area (Å²) in [4.78, 5) is 29.9. The van der Waals surface area contributed by atoms with E-state index in [1.54, 1.807) is 24.1 Å². The standard InChI is InChI=1S/C31H36N4O3/c1-5-34(4)31(37)23-13-18-26-27(21-23)33-30(36)28(26)29(22-11-9-8-10-12-22)32-24-14-16-25(17-15-24)38-20-19-35(6-2)7-3/h8-18,21,32H,5-7,19-20H2,1-4H3,(H,33,36)/b29-28-. The topological polar surface area (TPSA) is 73.9 Å². The molecule has 198 valence electrons. The fourth-order valence-corrected chi connectivity index (χ4v) is 4.41. The first-order valence-electron chi connectivity index (χ1n) is 13.2. The van der Waals surface area contributed by atoms with E-state index < -0.39 is 0 Å². The lowest BCUT2D eigenvalue weighted by Crippen LogP contribution is -2.27. The second-order valence-corrected chi connectivity index (χ2v) is 9.17. The van der Waals surface area contributed by atoms with Crippen molar-refractivity contribution in [1.82, 2.24) is 9.80 Å². The van der Waals surface area contributed by atoms with Crippen molar-refractivity contribution in [1.29, 1.82) is 0 Å². The van der Waals surface area contributed by atoms with Gasteiger partial charge in [-0.05, 0) is 62.0 Å². The van der Waals surface area contributed by atoms with Gasteiger partial charge in [-0.1, -0.05) is 50.2 Å². The van der Waals surface area contributed by atoms with Crippen molar-refractivity contribution in [3.05, 3.63) is 89.5 Å². The van der Waals surface area contributed by atoms with Gasteiger partial charge >= 0.3 is 0 Å². The molecule has 2 amide bonds. The average Bonchev–Trinajstić information content (AvgIpc) is 3.29. The van der Waals surface area contributed by atoms with Crippen molar-refractivity contribution >= 4 is 34.5 Å². The van der Waals surface area contributed by atoms with Crippen LogP contribution in [0, 0.1) is 0 Å². The molecule has 0 spiro atoms. The molecule has 1 aliphatic heterocycles. The number of benzene rings is 3. The number of nitrogens with zero attached hydrogens (tertiary/aromatic N) is 2. The van der Waals surface area contributed by atoms with Crippen LogP contribution >= 0.6 is 0 Å². The van der Waals surface area contributed by atoms with Crippen LogP contribution in [0.1, 0.15) is 42.3 Å².